The maximum absolute atomic E-state index is 12.3. The summed E-state index contributed by atoms with van der Waals surface area (Å²) in [6.45, 7) is 3.25. The van der Waals surface area contributed by atoms with Gasteiger partial charge in [0.05, 0.1) is 22.3 Å². The molecular weight excluding hydrogens is 347 g/mol. The number of aromatic nitrogens is 1. The van der Waals surface area contributed by atoms with E-state index in [0.717, 1.165) is 11.3 Å². The number of hydrogen-bond donors (Lipinski definition) is 2. The number of rotatable bonds is 4. The zero-order valence-corrected chi connectivity index (χ0v) is 14.0. The highest BCUT2D eigenvalue weighted by Gasteiger charge is 2.23. The van der Waals surface area contributed by atoms with Crippen LogP contribution in [0.1, 0.15) is 33.2 Å². The van der Waals surface area contributed by atoms with Gasteiger partial charge in [0.1, 0.15) is 9.88 Å². The Kier molecular flexibility index (Phi) is 5.05. The van der Waals surface area contributed by atoms with E-state index in [1.807, 2.05) is 0 Å². The van der Waals surface area contributed by atoms with Crippen LogP contribution in [-0.4, -0.2) is 22.0 Å². The molecule has 0 aliphatic heterocycles. The van der Waals surface area contributed by atoms with Gasteiger partial charge in [-0.25, -0.2) is 9.78 Å². The molecule has 0 unspecified atom stereocenters. The normalized spacial score (nSPS) is 12.0. The highest BCUT2D eigenvalue weighted by Crippen LogP contribution is 2.29. The minimum Gasteiger partial charge on any atom is -0.477 e. The second kappa shape index (κ2) is 6.64. The van der Waals surface area contributed by atoms with Crippen molar-refractivity contribution in [3.05, 3.63) is 43.8 Å². The van der Waals surface area contributed by atoms with Gasteiger partial charge in [0, 0.05) is 5.02 Å². The SMILES string of the molecule is Cc1nc([C@H](C)C(=O)Nc2cc(Cl)ccc2Cl)sc1C(=O)O. The van der Waals surface area contributed by atoms with Crippen molar-refractivity contribution in [3.8, 4) is 0 Å². The second-order valence-corrected chi connectivity index (χ2v) is 6.48. The zero-order chi connectivity index (χ0) is 16.4. The minimum atomic E-state index is -1.05. The molecule has 0 fully saturated rings. The lowest BCUT2D eigenvalue weighted by atomic mass is 10.1. The van der Waals surface area contributed by atoms with Crippen LogP contribution in [0, 0.1) is 6.92 Å². The molecule has 5 nitrogen and oxygen atoms in total. The fourth-order valence-corrected chi connectivity index (χ4v) is 3.04. The molecule has 1 amide bonds. The molecule has 22 heavy (non-hydrogen) atoms. The van der Waals surface area contributed by atoms with Crippen molar-refractivity contribution >= 4 is 52.1 Å². The average Bonchev–Trinajstić information content (AvgIpc) is 2.84. The Balaban J connectivity index is 2.20. The molecule has 0 aliphatic rings. The number of aryl methyl sites for hydroxylation is 1. The van der Waals surface area contributed by atoms with Crippen LogP contribution in [0.25, 0.3) is 0 Å². The minimum absolute atomic E-state index is 0.135. The third-order valence-electron chi connectivity index (χ3n) is 2.96. The van der Waals surface area contributed by atoms with Gasteiger partial charge >= 0.3 is 5.97 Å². The lowest BCUT2D eigenvalue weighted by molar-refractivity contribution is -0.117. The van der Waals surface area contributed by atoms with E-state index in [1.54, 1.807) is 32.0 Å². The van der Waals surface area contributed by atoms with E-state index in [1.165, 1.54) is 0 Å². The van der Waals surface area contributed by atoms with Crippen LogP contribution in [0.15, 0.2) is 18.2 Å². The Bertz CT molecular complexity index is 746. The van der Waals surface area contributed by atoms with Crippen molar-refractivity contribution in [1.29, 1.82) is 0 Å². The number of carbonyl (C=O) groups is 2. The fraction of sp³-hybridized carbons (Fsp3) is 0.214. The Morgan fingerprint density at radius 3 is 2.64 bits per heavy atom. The number of carboxylic acid groups (broad SMARTS) is 1. The zero-order valence-electron chi connectivity index (χ0n) is 11.7. The Hall–Kier alpha value is -1.63. The number of hydrogen-bond acceptors (Lipinski definition) is 4. The van der Waals surface area contributed by atoms with E-state index in [-0.39, 0.29) is 10.8 Å². The van der Waals surface area contributed by atoms with Crippen molar-refractivity contribution in [3.63, 3.8) is 0 Å². The van der Waals surface area contributed by atoms with E-state index >= 15 is 0 Å². The Morgan fingerprint density at radius 1 is 1.36 bits per heavy atom. The largest absolute Gasteiger partial charge is 0.477 e. The predicted molar refractivity (Wildman–Crippen MR) is 87.3 cm³/mol. The lowest BCUT2D eigenvalue weighted by Crippen LogP contribution is -2.19. The van der Waals surface area contributed by atoms with Gasteiger partial charge in [0.2, 0.25) is 5.91 Å². The Morgan fingerprint density at radius 2 is 2.05 bits per heavy atom. The van der Waals surface area contributed by atoms with Crippen LogP contribution in [0.5, 0.6) is 0 Å². The van der Waals surface area contributed by atoms with Crippen molar-refractivity contribution < 1.29 is 14.7 Å². The summed E-state index contributed by atoms with van der Waals surface area (Å²) < 4.78 is 0. The molecule has 1 heterocycles. The molecule has 0 bridgehead atoms. The Labute approximate surface area is 140 Å². The number of anilines is 1. The smallest absolute Gasteiger partial charge is 0.347 e. The number of benzene rings is 1. The van der Waals surface area contributed by atoms with E-state index < -0.39 is 11.9 Å². The summed E-state index contributed by atoms with van der Waals surface area (Å²) in [6.07, 6.45) is 0. The molecule has 2 aromatic rings. The summed E-state index contributed by atoms with van der Waals surface area (Å²) in [7, 11) is 0. The van der Waals surface area contributed by atoms with Crippen LogP contribution in [0.3, 0.4) is 0 Å². The maximum Gasteiger partial charge on any atom is 0.347 e. The van der Waals surface area contributed by atoms with Crippen molar-refractivity contribution in [2.24, 2.45) is 0 Å². The number of carboxylic acids is 1. The van der Waals surface area contributed by atoms with Crippen LogP contribution >= 0.6 is 34.5 Å². The monoisotopic (exact) mass is 358 g/mol. The lowest BCUT2D eigenvalue weighted by Gasteiger charge is -2.11. The standard InChI is InChI=1S/C14H12Cl2N2O3S/c1-6(13-17-7(2)11(22-13)14(20)21)12(19)18-10-5-8(15)3-4-9(10)16/h3-6H,1-2H3,(H,18,19)(H,20,21)/t6-/m1/s1. The first-order valence-electron chi connectivity index (χ1n) is 6.26. The third-order valence-corrected chi connectivity index (χ3v) is 4.85. The van der Waals surface area contributed by atoms with Crippen LogP contribution in [0.4, 0.5) is 5.69 Å². The van der Waals surface area contributed by atoms with Gasteiger partial charge in [-0.15, -0.1) is 11.3 Å². The number of nitrogens with one attached hydrogen (secondary N) is 1. The summed E-state index contributed by atoms with van der Waals surface area (Å²) in [6, 6.07) is 4.75. The number of halogens is 2. The van der Waals surface area contributed by atoms with Crippen LogP contribution in [0.2, 0.25) is 10.0 Å². The topological polar surface area (TPSA) is 79.3 Å². The summed E-state index contributed by atoms with van der Waals surface area (Å²) in [5, 5.41) is 13.0. The summed E-state index contributed by atoms with van der Waals surface area (Å²) in [5.41, 5.74) is 0.797. The summed E-state index contributed by atoms with van der Waals surface area (Å²) in [5.74, 6) is -1.99. The first-order chi connectivity index (χ1) is 10.3. The maximum atomic E-state index is 12.3. The summed E-state index contributed by atoms with van der Waals surface area (Å²) in [4.78, 5) is 27.6. The number of amides is 1. The first-order valence-corrected chi connectivity index (χ1v) is 7.83. The molecule has 0 radical (unpaired) electrons. The molecule has 116 valence electrons. The molecule has 1 aromatic heterocycles. The van der Waals surface area contributed by atoms with Gasteiger partial charge in [0.25, 0.3) is 0 Å². The van der Waals surface area contributed by atoms with Crippen molar-refractivity contribution in [2.75, 3.05) is 5.32 Å². The van der Waals surface area contributed by atoms with E-state index in [9.17, 15) is 9.59 Å². The molecule has 0 aliphatic carbocycles. The molecule has 8 heteroatoms. The quantitative estimate of drug-likeness (QED) is 0.858. The van der Waals surface area contributed by atoms with Crippen LogP contribution < -0.4 is 5.32 Å². The molecule has 0 saturated heterocycles. The van der Waals surface area contributed by atoms with Gasteiger partial charge in [-0.05, 0) is 32.0 Å². The van der Waals surface area contributed by atoms with Gasteiger partial charge < -0.3 is 10.4 Å². The van der Waals surface area contributed by atoms with Gasteiger partial charge in [0.15, 0.2) is 0 Å². The molecule has 2 N–H and O–H groups in total. The first kappa shape index (κ1) is 16.7. The van der Waals surface area contributed by atoms with Crippen molar-refractivity contribution in [1.82, 2.24) is 4.98 Å². The highest BCUT2D eigenvalue weighted by atomic mass is 35.5. The molecule has 0 saturated carbocycles. The van der Waals surface area contributed by atoms with Crippen molar-refractivity contribution in [2.45, 2.75) is 19.8 Å². The number of aromatic carboxylic acids is 1. The summed E-state index contributed by atoms with van der Waals surface area (Å²) >= 11 is 12.9. The van der Waals surface area contributed by atoms with Gasteiger partial charge in [-0.3, -0.25) is 4.79 Å². The molecule has 1 atom stereocenters. The molecule has 0 spiro atoms. The third kappa shape index (κ3) is 3.58. The van der Waals surface area contributed by atoms with E-state index in [0.29, 0.717) is 26.4 Å². The van der Waals surface area contributed by atoms with E-state index in [2.05, 4.69) is 10.3 Å². The molecule has 2 rings (SSSR count). The number of carbonyl (C=O) groups excluding carboxylic acids is 1. The molecular formula is C14H12Cl2N2O3S. The van der Waals surface area contributed by atoms with Gasteiger partial charge in [-0.1, -0.05) is 23.2 Å². The predicted octanol–water partition coefficient (Wildman–Crippen LogP) is 4.20. The van der Waals surface area contributed by atoms with E-state index in [4.69, 9.17) is 28.3 Å². The number of thiazole rings is 1. The average molecular weight is 359 g/mol. The molecule has 1 aromatic carbocycles. The second-order valence-electron chi connectivity index (χ2n) is 4.61. The highest BCUT2D eigenvalue weighted by molar-refractivity contribution is 7.13. The number of nitrogens with zero attached hydrogens (tertiary/aromatic N) is 1. The van der Waals surface area contributed by atoms with Gasteiger partial charge in [-0.2, -0.15) is 0 Å². The fourth-order valence-electron chi connectivity index (χ4n) is 1.75. The van der Waals surface area contributed by atoms with Crippen LogP contribution in [-0.2, 0) is 4.79 Å².